The Labute approximate surface area is 130 Å². The SMILES string of the molecule is NCCC(=O)NCC(c1cccc(Cl)c1)N1CCOCC1. The third-order valence-corrected chi connectivity index (χ3v) is 3.82. The lowest BCUT2D eigenvalue weighted by molar-refractivity contribution is -0.121. The maximum atomic E-state index is 11.7. The van der Waals surface area contributed by atoms with E-state index in [1.54, 1.807) is 0 Å². The van der Waals surface area contributed by atoms with Crippen LogP contribution in [0, 0.1) is 0 Å². The van der Waals surface area contributed by atoms with Crippen molar-refractivity contribution < 1.29 is 9.53 Å². The minimum absolute atomic E-state index is 0.0159. The highest BCUT2D eigenvalue weighted by Gasteiger charge is 2.23. The molecule has 6 heteroatoms. The van der Waals surface area contributed by atoms with E-state index in [-0.39, 0.29) is 11.9 Å². The van der Waals surface area contributed by atoms with E-state index in [1.807, 2.05) is 24.3 Å². The van der Waals surface area contributed by atoms with Crippen LogP contribution in [0.5, 0.6) is 0 Å². The molecule has 1 aromatic rings. The molecule has 1 aromatic carbocycles. The van der Waals surface area contributed by atoms with Gasteiger partial charge < -0.3 is 15.8 Å². The normalized spacial score (nSPS) is 17.4. The molecule has 5 nitrogen and oxygen atoms in total. The molecule has 1 saturated heterocycles. The topological polar surface area (TPSA) is 67.6 Å². The zero-order chi connectivity index (χ0) is 15.1. The first kappa shape index (κ1) is 16.2. The van der Waals surface area contributed by atoms with Gasteiger partial charge in [0.15, 0.2) is 0 Å². The number of morpholine rings is 1. The molecular weight excluding hydrogens is 290 g/mol. The van der Waals surface area contributed by atoms with Gasteiger partial charge >= 0.3 is 0 Å². The summed E-state index contributed by atoms with van der Waals surface area (Å²) in [4.78, 5) is 14.0. The second-order valence-electron chi connectivity index (χ2n) is 5.06. The molecule has 1 aliphatic heterocycles. The number of hydrogen-bond acceptors (Lipinski definition) is 4. The first-order chi connectivity index (χ1) is 10.2. The summed E-state index contributed by atoms with van der Waals surface area (Å²) in [7, 11) is 0. The van der Waals surface area contributed by atoms with Crippen LogP contribution in [-0.2, 0) is 9.53 Å². The quantitative estimate of drug-likeness (QED) is 0.828. The predicted octanol–water partition coefficient (Wildman–Crippen LogP) is 1.18. The Morgan fingerprint density at radius 3 is 2.86 bits per heavy atom. The van der Waals surface area contributed by atoms with Gasteiger partial charge in [0, 0.05) is 37.6 Å². The van der Waals surface area contributed by atoms with E-state index >= 15 is 0 Å². The minimum Gasteiger partial charge on any atom is -0.379 e. The summed E-state index contributed by atoms with van der Waals surface area (Å²) in [5.41, 5.74) is 6.51. The Morgan fingerprint density at radius 1 is 1.43 bits per heavy atom. The molecule has 0 aliphatic carbocycles. The molecule has 2 rings (SSSR count). The summed E-state index contributed by atoms with van der Waals surface area (Å²) in [5, 5.41) is 3.66. The van der Waals surface area contributed by atoms with Crippen LogP contribution in [0.1, 0.15) is 18.0 Å². The monoisotopic (exact) mass is 311 g/mol. The maximum absolute atomic E-state index is 11.7. The van der Waals surface area contributed by atoms with Crippen molar-refractivity contribution in [3.05, 3.63) is 34.9 Å². The van der Waals surface area contributed by atoms with Crippen LogP contribution >= 0.6 is 11.6 Å². The van der Waals surface area contributed by atoms with Gasteiger partial charge in [0.1, 0.15) is 0 Å². The summed E-state index contributed by atoms with van der Waals surface area (Å²) in [6.45, 7) is 4.06. The van der Waals surface area contributed by atoms with E-state index in [0.29, 0.717) is 37.7 Å². The van der Waals surface area contributed by atoms with Crippen molar-refractivity contribution in [3.63, 3.8) is 0 Å². The molecular formula is C15H22ClN3O2. The van der Waals surface area contributed by atoms with Crippen molar-refractivity contribution in [2.45, 2.75) is 12.5 Å². The van der Waals surface area contributed by atoms with Gasteiger partial charge in [0.25, 0.3) is 0 Å². The third-order valence-electron chi connectivity index (χ3n) is 3.58. The number of halogens is 1. The van der Waals surface area contributed by atoms with Gasteiger partial charge in [0.05, 0.1) is 19.3 Å². The van der Waals surface area contributed by atoms with Crippen LogP contribution < -0.4 is 11.1 Å². The highest BCUT2D eigenvalue weighted by molar-refractivity contribution is 6.30. The fraction of sp³-hybridized carbons (Fsp3) is 0.533. The second kappa shape index (κ2) is 8.34. The fourth-order valence-electron chi connectivity index (χ4n) is 2.49. The maximum Gasteiger partial charge on any atom is 0.221 e. The first-order valence-corrected chi connectivity index (χ1v) is 7.62. The standard InChI is InChI=1S/C15H22ClN3O2/c16-13-3-1-2-12(10-13)14(11-18-15(20)4-5-17)19-6-8-21-9-7-19/h1-3,10,14H,4-9,11,17H2,(H,18,20). The molecule has 0 saturated carbocycles. The average Bonchev–Trinajstić information content (AvgIpc) is 2.49. The highest BCUT2D eigenvalue weighted by atomic mass is 35.5. The number of nitrogens with zero attached hydrogens (tertiary/aromatic N) is 1. The molecule has 1 amide bonds. The molecule has 0 bridgehead atoms. The number of benzene rings is 1. The van der Waals surface area contributed by atoms with E-state index in [4.69, 9.17) is 22.1 Å². The predicted molar refractivity (Wildman–Crippen MR) is 83.3 cm³/mol. The number of nitrogens with one attached hydrogen (secondary N) is 1. The van der Waals surface area contributed by atoms with Crippen LogP contribution in [-0.4, -0.2) is 50.2 Å². The first-order valence-electron chi connectivity index (χ1n) is 7.24. The van der Waals surface area contributed by atoms with Gasteiger partial charge in [0.2, 0.25) is 5.91 Å². The lowest BCUT2D eigenvalue weighted by Gasteiger charge is -2.35. The van der Waals surface area contributed by atoms with Crippen molar-refractivity contribution in [1.29, 1.82) is 0 Å². The lowest BCUT2D eigenvalue weighted by Crippen LogP contribution is -2.44. The van der Waals surface area contributed by atoms with Gasteiger partial charge in [-0.15, -0.1) is 0 Å². The van der Waals surface area contributed by atoms with Gasteiger partial charge in [-0.25, -0.2) is 0 Å². The molecule has 21 heavy (non-hydrogen) atoms. The summed E-state index contributed by atoms with van der Waals surface area (Å²) in [6.07, 6.45) is 0.353. The molecule has 0 spiro atoms. The number of ether oxygens (including phenoxy) is 1. The Morgan fingerprint density at radius 2 is 2.19 bits per heavy atom. The molecule has 1 fully saturated rings. The molecule has 0 radical (unpaired) electrons. The Balaban J connectivity index is 2.07. The number of hydrogen-bond donors (Lipinski definition) is 2. The molecule has 3 N–H and O–H groups in total. The Bertz CT molecular complexity index is 464. The van der Waals surface area contributed by atoms with E-state index in [0.717, 1.165) is 18.7 Å². The summed E-state index contributed by atoms with van der Waals surface area (Å²) >= 11 is 6.09. The lowest BCUT2D eigenvalue weighted by atomic mass is 10.0. The molecule has 1 heterocycles. The summed E-state index contributed by atoms with van der Waals surface area (Å²) in [5.74, 6) is -0.0159. The molecule has 1 unspecified atom stereocenters. The van der Waals surface area contributed by atoms with Crippen LogP contribution in [0.25, 0.3) is 0 Å². The number of carbonyl (C=O) groups excluding carboxylic acids is 1. The van der Waals surface area contributed by atoms with E-state index in [1.165, 1.54) is 0 Å². The number of carbonyl (C=O) groups is 1. The number of amides is 1. The molecule has 116 valence electrons. The van der Waals surface area contributed by atoms with E-state index < -0.39 is 0 Å². The van der Waals surface area contributed by atoms with Crippen molar-refractivity contribution >= 4 is 17.5 Å². The van der Waals surface area contributed by atoms with E-state index in [2.05, 4.69) is 10.2 Å². The Kier molecular flexibility index (Phi) is 6.45. The fourth-order valence-corrected chi connectivity index (χ4v) is 2.69. The van der Waals surface area contributed by atoms with E-state index in [9.17, 15) is 4.79 Å². The zero-order valence-corrected chi connectivity index (χ0v) is 12.8. The van der Waals surface area contributed by atoms with Crippen LogP contribution in [0.4, 0.5) is 0 Å². The Hall–Kier alpha value is -1.14. The van der Waals surface area contributed by atoms with Crippen LogP contribution in [0.2, 0.25) is 5.02 Å². The number of nitrogens with two attached hydrogens (primary N) is 1. The van der Waals surface area contributed by atoms with Crippen molar-refractivity contribution in [2.75, 3.05) is 39.4 Å². The second-order valence-corrected chi connectivity index (χ2v) is 5.50. The van der Waals surface area contributed by atoms with Crippen molar-refractivity contribution in [3.8, 4) is 0 Å². The minimum atomic E-state index is -0.0159. The van der Waals surface area contributed by atoms with Gasteiger partial charge in [-0.2, -0.15) is 0 Å². The van der Waals surface area contributed by atoms with Crippen molar-refractivity contribution in [1.82, 2.24) is 10.2 Å². The van der Waals surface area contributed by atoms with Crippen LogP contribution in [0.3, 0.4) is 0 Å². The number of rotatable bonds is 6. The molecule has 0 aromatic heterocycles. The van der Waals surface area contributed by atoms with Gasteiger partial charge in [-0.3, -0.25) is 9.69 Å². The van der Waals surface area contributed by atoms with Gasteiger partial charge in [-0.05, 0) is 17.7 Å². The molecule has 1 atom stereocenters. The third kappa shape index (κ3) is 4.97. The summed E-state index contributed by atoms with van der Waals surface area (Å²) < 4.78 is 5.40. The zero-order valence-electron chi connectivity index (χ0n) is 12.1. The smallest absolute Gasteiger partial charge is 0.221 e. The molecule has 1 aliphatic rings. The van der Waals surface area contributed by atoms with Crippen LogP contribution in [0.15, 0.2) is 24.3 Å². The average molecular weight is 312 g/mol. The van der Waals surface area contributed by atoms with Gasteiger partial charge in [-0.1, -0.05) is 23.7 Å². The highest BCUT2D eigenvalue weighted by Crippen LogP contribution is 2.23. The van der Waals surface area contributed by atoms with Crippen molar-refractivity contribution in [2.24, 2.45) is 5.73 Å². The summed E-state index contributed by atoms with van der Waals surface area (Å²) in [6, 6.07) is 7.90. The largest absolute Gasteiger partial charge is 0.379 e.